The molecular formula is C21H32N2O2. The smallest absolute Gasteiger partial charge is 0.247 e. The van der Waals surface area contributed by atoms with E-state index < -0.39 is 6.04 Å². The van der Waals surface area contributed by atoms with Gasteiger partial charge in [0.25, 0.3) is 0 Å². The van der Waals surface area contributed by atoms with E-state index in [0.29, 0.717) is 5.92 Å². The van der Waals surface area contributed by atoms with Gasteiger partial charge in [-0.15, -0.1) is 0 Å². The lowest BCUT2D eigenvalue weighted by Crippen LogP contribution is -2.49. The summed E-state index contributed by atoms with van der Waals surface area (Å²) in [4.78, 5) is 25.2. The van der Waals surface area contributed by atoms with Crippen LogP contribution in [0, 0.1) is 11.8 Å². The Morgan fingerprint density at radius 2 is 1.72 bits per heavy atom. The highest BCUT2D eigenvalue weighted by atomic mass is 16.2. The van der Waals surface area contributed by atoms with Crippen LogP contribution in [0.2, 0.25) is 0 Å². The minimum atomic E-state index is -0.503. The number of carbonyl (C=O) groups is 2. The molecular weight excluding hydrogens is 312 g/mol. The third kappa shape index (κ3) is 5.58. The van der Waals surface area contributed by atoms with Crippen LogP contribution in [-0.2, 0) is 9.59 Å². The summed E-state index contributed by atoms with van der Waals surface area (Å²) in [7, 11) is 0. The van der Waals surface area contributed by atoms with Crippen LogP contribution < -0.4 is 10.6 Å². The fourth-order valence-corrected chi connectivity index (χ4v) is 3.37. The molecule has 1 aromatic carbocycles. The number of carbonyl (C=O) groups excluding carboxylic acids is 2. The first-order valence-electron chi connectivity index (χ1n) is 9.59. The Morgan fingerprint density at radius 1 is 1.04 bits per heavy atom. The lowest BCUT2D eigenvalue weighted by Gasteiger charge is -2.26. The molecule has 0 spiro atoms. The maximum absolute atomic E-state index is 12.7. The van der Waals surface area contributed by atoms with Crippen molar-refractivity contribution in [3.8, 4) is 0 Å². The standard InChI is InChI=1S/C21H32N2O2/c1-14(2)17-11-8-12-18(13-17)22-21(25)19(15(3)4)23-20(24)16-9-6-5-7-10-16/h8,11-16,19H,5-7,9-10H2,1-4H3,(H,22,25)(H,23,24). The van der Waals surface area contributed by atoms with Gasteiger partial charge >= 0.3 is 0 Å². The Morgan fingerprint density at radius 3 is 2.32 bits per heavy atom. The predicted octanol–water partition coefficient (Wildman–Crippen LogP) is 4.47. The van der Waals surface area contributed by atoms with Crippen molar-refractivity contribution in [3.05, 3.63) is 29.8 Å². The first-order valence-corrected chi connectivity index (χ1v) is 9.59. The van der Waals surface area contributed by atoms with Crippen molar-refractivity contribution in [2.75, 3.05) is 5.32 Å². The zero-order valence-corrected chi connectivity index (χ0v) is 16.0. The average molecular weight is 344 g/mol. The van der Waals surface area contributed by atoms with Crippen molar-refractivity contribution in [1.29, 1.82) is 0 Å². The maximum Gasteiger partial charge on any atom is 0.247 e. The van der Waals surface area contributed by atoms with E-state index in [2.05, 4.69) is 30.5 Å². The Labute approximate surface area is 151 Å². The highest BCUT2D eigenvalue weighted by Crippen LogP contribution is 2.24. The number of benzene rings is 1. The van der Waals surface area contributed by atoms with Crippen LogP contribution in [-0.4, -0.2) is 17.9 Å². The van der Waals surface area contributed by atoms with Gasteiger partial charge in [-0.25, -0.2) is 0 Å². The van der Waals surface area contributed by atoms with Gasteiger partial charge in [-0.1, -0.05) is 59.1 Å². The van der Waals surface area contributed by atoms with Crippen LogP contribution in [0.4, 0.5) is 5.69 Å². The van der Waals surface area contributed by atoms with Crippen molar-refractivity contribution in [2.24, 2.45) is 11.8 Å². The van der Waals surface area contributed by atoms with Crippen LogP contribution in [0.1, 0.15) is 71.3 Å². The number of amides is 2. The Kier molecular flexibility index (Phi) is 7.03. The van der Waals surface area contributed by atoms with Crippen molar-refractivity contribution in [2.45, 2.75) is 71.8 Å². The van der Waals surface area contributed by atoms with Crippen LogP contribution in [0.3, 0.4) is 0 Å². The summed E-state index contributed by atoms with van der Waals surface area (Å²) in [5, 5.41) is 5.97. The summed E-state index contributed by atoms with van der Waals surface area (Å²) in [6, 6.07) is 7.41. The Hall–Kier alpha value is -1.84. The number of anilines is 1. The molecule has 0 radical (unpaired) electrons. The molecule has 0 heterocycles. The zero-order chi connectivity index (χ0) is 18.4. The molecule has 1 aliphatic rings. The number of rotatable bonds is 6. The summed E-state index contributed by atoms with van der Waals surface area (Å²) in [6.45, 7) is 8.19. The summed E-state index contributed by atoms with van der Waals surface area (Å²) in [6.07, 6.45) is 5.31. The molecule has 0 aromatic heterocycles. The third-order valence-corrected chi connectivity index (χ3v) is 5.04. The molecule has 4 nitrogen and oxygen atoms in total. The summed E-state index contributed by atoms with van der Waals surface area (Å²) < 4.78 is 0. The second-order valence-electron chi connectivity index (χ2n) is 7.83. The molecule has 2 rings (SSSR count). The predicted molar refractivity (Wildman–Crippen MR) is 103 cm³/mol. The van der Waals surface area contributed by atoms with E-state index >= 15 is 0 Å². The van der Waals surface area contributed by atoms with E-state index in [1.165, 1.54) is 12.0 Å². The molecule has 1 aliphatic carbocycles. The van der Waals surface area contributed by atoms with Gasteiger partial charge in [-0.3, -0.25) is 9.59 Å². The number of hydrogen-bond acceptors (Lipinski definition) is 2. The van der Waals surface area contributed by atoms with Crippen molar-refractivity contribution in [3.63, 3.8) is 0 Å². The van der Waals surface area contributed by atoms with Crippen LogP contribution in [0.5, 0.6) is 0 Å². The molecule has 0 bridgehead atoms. The lowest BCUT2D eigenvalue weighted by molar-refractivity contribution is -0.130. The highest BCUT2D eigenvalue weighted by Gasteiger charge is 2.28. The number of nitrogens with one attached hydrogen (secondary N) is 2. The molecule has 2 amide bonds. The molecule has 1 fully saturated rings. The van der Waals surface area contributed by atoms with Gasteiger partial charge in [0.15, 0.2) is 0 Å². The van der Waals surface area contributed by atoms with Gasteiger partial charge in [-0.2, -0.15) is 0 Å². The molecule has 0 saturated heterocycles. The lowest BCUT2D eigenvalue weighted by atomic mass is 9.88. The second-order valence-corrected chi connectivity index (χ2v) is 7.83. The van der Waals surface area contributed by atoms with Gasteiger partial charge in [0.05, 0.1) is 0 Å². The summed E-state index contributed by atoms with van der Waals surface area (Å²) in [5.74, 6) is 0.404. The zero-order valence-electron chi connectivity index (χ0n) is 16.0. The van der Waals surface area contributed by atoms with E-state index in [1.807, 2.05) is 32.0 Å². The van der Waals surface area contributed by atoms with Crippen molar-refractivity contribution in [1.82, 2.24) is 5.32 Å². The van der Waals surface area contributed by atoms with Crippen LogP contribution >= 0.6 is 0 Å². The Bertz CT molecular complexity index is 589. The molecule has 4 heteroatoms. The normalized spacial score (nSPS) is 16.7. The minimum Gasteiger partial charge on any atom is -0.344 e. The van der Waals surface area contributed by atoms with Crippen LogP contribution in [0.25, 0.3) is 0 Å². The molecule has 1 saturated carbocycles. The fraction of sp³-hybridized carbons (Fsp3) is 0.619. The van der Waals surface area contributed by atoms with Gasteiger partial charge < -0.3 is 10.6 Å². The van der Waals surface area contributed by atoms with E-state index in [4.69, 9.17) is 0 Å². The van der Waals surface area contributed by atoms with Gasteiger partial charge in [0.1, 0.15) is 6.04 Å². The maximum atomic E-state index is 12.7. The van der Waals surface area contributed by atoms with Gasteiger partial charge in [0, 0.05) is 11.6 Å². The van der Waals surface area contributed by atoms with E-state index in [9.17, 15) is 9.59 Å². The van der Waals surface area contributed by atoms with Crippen LogP contribution in [0.15, 0.2) is 24.3 Å². The molecule has 1 atom stereocenters. The molecule has 2 N–H and O–H groups in total. The second kappa shape index (κ2) is 9.02. The highest BCUT2D eigenvalue weighted by molar-refractivity contribution is 5.97. The van der Waals surface area contributed by atoms with Gasteiger partial charge in [-0.05, 0) is 42.4 Å². The monoisotopic (exact) mass is 344 g/mol. The van der Waals surface area contributed by atoms with Gasteiger partial charge in [0.2, 0.25) is 11.8 Å². The van der Waals surface area contributed by atoms with E-state index in [0.717, 1.165) is 31.4 Å². The molecule has 0 aliphatic heterocycles. The minimum absolute atomic E-state index is 0.0319. The molecule has 1 unspecified atom stereocenters. The van der Waals surface area contributed by atoms with E-state index in [-0.39, 0.29) is 23.7 Å². The SMILES string of the molecule is CC(C)c1cccc(NC(=O)C(NC(=O)C2CCCCC2)C(C)C)c1. The molecule has 138 valence electrons. The average Bonchev–Trinajstić information content (AvgIpc) is 2.60. The Balaban J connectivity index is 2.02. The van der Waals surface area contributed by atoms with Crippen molar-refractivity contribution >= 4 is 17.5 Å². The largest absolute Gasteiger partial charge is 0.344 e. The van der Waals surface area contributed by atoms with Crippen molar-refractivity contribution < 1.29 is 9.59 Å². The fourth-order valence-electron chi connectivity index (χ4n) is 3.37. The molecule has 25 heavy (non-hydrogen) atoms. The topological polar surface area (TPSA) is 58.2 Å². The molecule has 1 aromatic rings. The van der Waals surface area contributed by atoms with E-state index in [1.54, 1.807) is 0 Å². The first-order chi connectivity index (χ1) is 11.9. The quantitative estimate of drug-likeness (QED) is 0.800. The first kappa shape index (κ1) is 19.5. The summed E-state index contributed by atoms with van der Waals surface area (Å²) in [5.41, 5.74) is 1.97. The number of hydrogen-bond donors (Lipinski definition) is 2. The third-order valence-electron chi connectivity index (χ3n) is 5.04. The summed E-state index contributed by atoms with van der Waals surface area (Å²) >= 11 is 0.